The highest BCUT2D eigenvalue weighted by molar-refractivity contribution is 5.29. The molecule has 3 unspecified atom stereocenters. The van der Waals surface area contributed by atoms with Crippen LogP contribution in [-0.2, 0) is 0 Å². The molecule has 0 spiro atoms. The van der Waals surface area contributed by atoms with E-state index in [-0.39, 0.29) is 6.10 Å². The smallest absolute Gasteiger partial charge is 0.0823 e. The molecule has 0 aromatic heterocycles. The predicted octanol–water partition coefficient (Wildman–Crippen LogP) is 4.03. The SMILES string of the molecule is OC(c1ccc(C2CCC2)cc1)C1C2CCCC21. The first-order valence-electron chi connectivity index (χ1n) is 7.62. The van der Waals surface area contributed by atoms with Crippen LogP contribution < -0.4 is 0 Å². The molecule has 0 bridgehead atoms. The molecule has 1 nitrogen and oxygen atoms in total. The molecule has 96 valence electrons. The highest BCUT2D eigenvalue weighted by Gasteiger charge is 2.55. The van der Waals surface area contributed by atoms with Crippen LogP contribution in [0.5, 0.6) is 0 Å². The molecule has 1 N–H and O–H groups in total. The largest absolute Gasteiger partial charge is 0.388 e. The summed E-state index contributed by atoms with van der Waals surface area (Å²) >= 11 is 0. The number of rotatable bonds is 3. The van der Waals surface area contributed by atoms with Gasteiger partial charge in [-0.15, -0.1) is 0 Å². The molecule has 1 aromatic carbocycles. The van der Waals surface area contributed by atoms with Crippen molar-refractivity contribution < 1.29 is 5.11 Å². The van der Waals surface area contributed by atoms with Crippen LogP contribution in [0, 0.1) is 17.8 Å². The zero-order chi connectivity index (χ0) is 12.1. The average molecular weight is 242 g/mol. The van der Waals surface area contributed by atoms with E-state index < -0.39 is 0 Å². The van der Waals surface area contributed by atoms with Crippen LogP contribution in [0.2, 0.25) is 0 Å². The third kappa shape index (κ3) is 1.64. The topological polar surface area (TPSA) is 20.2 Å². The van der Waals surface area contributed by atoms with E-state index in [1.54, 1.807) is 0 Å². The molecule has 3 saturated carbocycles. The van der Waals surface area contributed by atoms with E-state index >= 15 is 0 Å². The molecule has 1 aromatic rings. The van der Waals surface area contributed by atoms with Crippen molar-refractivity contribution in [1.82, 2.24) is 0 Å². The fourth-order valence-corrected chi connectivity index (χ4v) is 4.27. The van der Waals surface area contributed by atoms with Crippen molar-refractivity contribution in [2.45, 2.75) is 50.5 Å². The molecule has 0 saturated heterocycles. The van der Waals surface area contributed by atoms with Gasteiger partial charge in [-0.2, -0.15) is 0 Å². The molecular weight excluding hydrogens is 220 g/mol. The van der Waals surface area contributed by atoms with Crippen LogP contribution in [0.25, 0.3) is 0 Å². The van der Waals surface area contributed by atoms with Gasteiger partial charge in [-0.25, -0.2) is 0 Å². The van der Waals surface area contributed by atoms with Gasteiger partial charge in [-0.3, -0.25) is 0 Å². The standard InChI is InChI=1S/C17H22O/c18-17(16-14-5-2-6-15(14)16)13-9-7-12(8-10-13)11-3-1-4-11/h7-11,14-18H,1-6H2. The van der Waals surface area contributed by atoms with Gasteiger partial charge in [0.1, 0.15) is 0 Å². The van der Waals surface area contributed by atoms with Crippen LogP contribution in [0.15, 0.2) is 24.3 Å². The Morgan fingerprint density at radius 3 is 2.06 bits per heavy atom. The maximum absolute atomic E-state index is 10.5. The zero-order valence-corrected chi connectivity index (χ0v) is 10.9. The summed E-state index contributed by atoms with van der Waals surface area (Å²) in [6.07, 6.45) is 8.00. The fraction of sp³-hybridized carbons (Fsp3) is 0.647. The quantitative estimate of drug-likeness (QED) is 0.848. The maximum atomic E-state index is 10.5. The number of fused-ring (bicyclic) bond motifs is 1. The van der Waals surface area contributed by atoms with E-state index in [9.17, 15) is 5.11 Å². The lowest BCUT2D eigenvalue weighted by Crippen LogP contribution is -2.09. The lowest BCUT2D eigenvalue weighted by molar-refractivity contribution is 0.137. The van der Waals surface area contributed by atoms with Crippen LogP contribution in [0.1, 0.15) is 61.7 Å². The maximum Gasteiger partial charge on any atom is 0.0823 e. The van der Waals surface area contributed by atoms with Gasteiger partial charge >= 0.3 is 0 Å². The molecule has 18 heavy (non-hydrogen) atoms. The number of aliphatic hydroxyl groups excluding tert-OH is 1. The van der Waals surface area contributed by atoms with Gasteiger partial charge in [-0.05, 0) is 60.5 Å². The van der Waals surface area contributed by atoms with Crippen molar-refractivity contribution >= 4 is 0 Å². The van der Waals surface area contributed by atoms with Crippen LogP contribution in [-0.4, -0.2) is 5.11 Å². The minimum atomic E-state index is -0.198. The molecule has 0 aliphatic heterocycles. The normalized spacial score (nSPS) is 35.9. The highest BCUT2D eigenvalue weighted by atomic mass is 16.3. The molecular formula is C17H22O. The molecule has 3 aliphatic rings. The molecule has 3 atom stereocenters. The summed E-state index contributed by atoms with van der Waals surface area (Å²) in [6.45, 7) is 0. The van der Waals surface area contributed by atoms with E-state index in [1.165, 1.54) is 44.1 Å². The minimum absolute atomic E-state index is 0.198. The van der Waals surface area contributed by atoms with Crippen molar-refractivity contribution in [3.8, 4) is 0 Å². The Kier molecular flexibility index (Phi) is 2.51. The first-order valence-corrected chi connectivity index (χ1v) is 7.62. The number of hydrogen-bond donors (Lipinski definition) is 1. The molecule has 3 aliphatic carbocycles. The van der Waals surface area contributed by atoms with E-state index in [4.69, 9.17) is 0 Å². The second-order valence-electron chi connectivity index (χ2n) is 6.58. The Labute approximate surface area is 109 Å². The fourth-order valence-electron chi connectivity index (χ4n) is 4.27. The van der Waals surface area contributed by atoms with Crippen LogP contribution >= 0.6 is 0 Å². The van der Waals surface area contributed by atoms with Crippen molar-refractivity contribution in [2.24, 2.45) is 17.8 Å². The van der Waals surface area contributed by atoms with Gasteiger partial charge in [-0.1, -0.05) is 37.1 Å². The number of hydrogen-bond acceptors (Lipinski definition) is 1. The van der Waals surface area contributed by atoms with Gasteiger partial charge in [0.2, 0.25) is 0 Å². The highest BCUT2D eigenvalue weighted by Crippen LogP contribution is 2.62. The Bertz CT molecular complexity index is 421. The second kappa shape index (κ2) is 4.09. The van der Waals surface area contributed by atoms with Gasteiger partial charge in [0, 0.05) is 0 Å². The Balaban J connectivity index is 1.47. The van der Waals surface area contributed by atoms with Crippen molar-refractivity contribution in [3.63, 3.8) is 0 Å². The average Bonchev–Trinajstić information content (AvgIpc) is 2.80. The Morgan fingerprint density at radius 1 is 0.889 bits per heavy atom. The monoisotopic (exact) mass is 242 g/mol. The second-order valence-corrected chi connectivity index (χ2v) is 6.58. The zero-order valence-electron chi connectivity index (χ0n) is 10.9. The Hall–Kier alpha value is -0.820. The van der Waals surface area contributed by atoms with E-state index in [1.807, 2.05) is 0 Å². The molecule has 4 rings (SSSR count). The lowest BCUT2D eigenvalue weighted by atomic mass is 9.80. The summed E-state index contributed by atoms with van der Waals surface area (Å²) in [7, 11) is 0. The van der Waals surface area contributed by atoms with Crippen LogP contribution in [0.3, 0.4) is 0 Å². The third-order valence-corrected chi connectivity index (χ3v) is 5.69. The van der Waals surface area contributed by atoms with E-state index in [2.05, 4.69) is 24.3 Å². The van der Waals surface area contributed by atoms with Gasteiger partial charge in [0.15, 0.2) is 0 Å². The van der Waals surface area contributed by atoms with Crippen molar-refractivity contribution in [2.75, 3.05) is 0 Å². The molecule has 0 heterocycles. The predicted molar refractivity (Wildman–Crippen MR) is 72.3 cm³/mol. The van der Waals surface area contributed by atoms with Crippen molar-refractivity contribution in [1.29, 1.82) is 0 Å². The van der Waals surface area contributed by atoms with Gasteiger partial charge in [0.25, 0.3) is 0 Å². The first-order chi connectivity index (χ1) is 8.84. The molecule has 1 heteroatoms. The summed E-state index contributed by atoms with van der Waals surface area (Å²) in [4.78, 5) is 0. The summed E-state index contributed by atoms with van der Waals surface area (Å²) in [6, 6.07) is 8.85. The summed E-state index contributed by atoms with van der Waals surface area (Å²) in [5, 5.41) is 10.5. The Morgan fingerprint density at radius 2 is 1.50 bits per heavy atom. The van der Waals surface area contributed by atoms with Gasteiger partial charge in [0.05, 0.1) is 6.10 Å². The van der Waals surface area contributed by atoms with Gasteiger partial charge < -0.3 is 5.11 Å². The van der Waals surface area contributed by atoms with Crippen LogP contribution in [0.4, 0.5) is 0 Å². The molecule has 3 fully saturated rings. The third-order valence-electron chi connectivity index (χ3n) is 5.69. The minimum Gasteiger partial charge on any atom is -0.388 e. The molecule has 0 radical (unpaired) electrons. The first kappa shape index (κ1) is 11.0. The number of benzene rings is 1. The van der Waals surface area contributed by atoms with E-state index in [0.717, 1.165) is 23.3 Å². The summed E-state index contributed by atoms with van der Waals surface area (Å²) in [5.41, 5.74) is 2.63. The van der Waals surface area contributed by atoms with E-state index in [0.29, 0.717) is 5.92 Å². The number of aliphatic hydroxyl groups is 1. The lowest BCUT2D eigenvalue weighted by Gasteiger charge is -2.26. The summed E-state index contributed by atoms with van der Waals surface area (Å²) < 4.78 is 0. The molecule has 0 amide bonds. The summed E-state index contributed by atoms with van der Waals surface area (Å²) in [5.74, 6) is 3.06. The van der Waals surface area contributed by atoms with Crippen molar-refractivity contribution in [3.05, 3.63) is 35.4 Å².